The van der Waals surface area contributed by atoms with Gasteiger partial charge in [-0.2, -0.15) is 14.9 Å². The van der Waals surface area contributed by atoms with E-state index in [1.165, 1.54) is 35.8 Å². The second-order valence-electron chi connectivity index (χ2n) is 11.4. The molecule has 1 aliphatic heterocycles. The Bertz CT molecular complexity index is 1770. The Morgan fingerprint density at radius 3 is 2.69 bits per heavy atom. The number of halogens is 1. The number of hydrogen-bond donors (Lipinski definition) is 4. The van der Waals surface area contributed by atoms with Crippen molar-refractivity contribution < 1.29 is 33.0 Å². The summed E-state index contributed by atoms with van der Waals surface area (Å²) in [6, 6.07) is 5.83. The molecule has 1 saturated carbocycles. The summed E-state index contributed by atoms with van der Waals surface area (Å²) in [5, 5.41) is 24.4. The molecule has 4 amide bonds. The molecular weight excluding hydrogens is 589 g/mol. The standard InChI is InChI=1S/C29H30FN9O6/c1-15(33-28(43)45-29(2,3)4)26(41)44-14-38-25(40)21(36-27(38)42)10-17-13-32-39-23(34-18-6-7-18)11-22(37-24(17)39)35-20-8-5-16(12-31)9-19(20)30/h5,8-11,13,15,18,34H,6-7,14H2,1-4H3,(H,33,43)(H,35,37)(H,36,42)/b21-10-. The highest BCUT2D eigenvalue weighted by molar-refractivity contribution is 6.14. The van der Waals surface area contributed by atoms with Crippen molar-refractivity contribution >= 4 is 53.0 Å². The number of alkyl carbamates (subject to hydrolysis) is 1. The van der Waals surface area contributed by atoms with Crippen molar-refractivity contribution in [1.82, 2.24) is 30.1 Å². The van der Waals surface area contributed by atoms with Crippen molar-refractivity contribution in [3.8, 4) is 6.07 Å². The van der Waals surface area contributed by atoms with Gasteiger partial charge in [0.15, 0.2) is 12.4 Å². The van der Waals surface area contributed by atoms with Crippen molar-refractivity contribution in [1.29, 1.82) is 5.26 Å². The zero-order valence-corrected chi connectivity index (χ0v) is 24.8. The van der Waals surface area contributed by atoms with E-state index in [1.54, 1.807) is 26.8 Å². The molecule has 3 heterocycles. The van der Waals surface area contributed by atoms with Gasteiger partial charge in [0.1, 0.15) is 34.8 Å². The molecule has 3 aromatic rings. The van der Waals surface area contributed by atoms with Crippen molar-refractivity contribution in [2.24, 2.45) is 0 Å². The smallest absolute Gasteiger partial charge is 0.408 e. The average molecular weight is 620 g/mol. The van der Waals surface area contributed by atoms with Crippen LogP contribution in [0.2, 0.25) is 0 Å². The first-order chi connectivity index (χ1) is 21.3. The van der Waals surface area contributed by atoms with Crippen LogP contribution in [0.25, 0.3) is 11.7 Å². The fourth-order valence-electron chi connectivity index (χ4n) is 4.15. The zero-order chi connectivity index (χ0) is 32.5. The van der Waals surface area contributed by atoms with Crippen LogP contribution in [-0.2, 0) is 19.1 Å². The number of rotatable bonds is 9. The SMILES string of the molecule is CC(NC(=O)OC(C)(C)C)C(=O)OCN1C(=O)N/C(=C\c2cnn3c(NC4CC4)cc(Nc4ccc(C#N)cc4F)nc23)C1=O. The summed E-state index contributed by atoms with van der Waals surface area (Å²) in [5.41, 5.74) is 0.0154. The Morgan fingerprint density at radius 1 is 1.27 bits per heavy atom. The number of amides is 4. The second kappa shape index (κ2) is 12.1. The fourth-order valence-corrected chi connectivity index (χ4v) is 4.15. The van der Waals surface area contributed by atoms with Gasteiger partial charge in [-0.1, -0.05) is 0 Å². The molecule has 234 valence electrons. The van der Waals surface area contributed by atoms with E-state index in [4.69, 9.17) is 14.7 Å². The van der Waals surface area contributed by atoms with Crippen LogP contribution in [0.5, 0.6) is 0 Å². The molecule has 1 unspecified atom stereocenters. The minimum Gasteiger partial charge on any atom is -0.444 e. The summed E-state index contributed by atoms with van der Waals surface area (Å²) in [7, 11) is 0. The third kappa shape index (κ3) is 7.26. The summed E-state index contributed by atoms with van der Waals surface area (Å²) < 4.78 is 26.3. The van der Waals surface area contributed by atoms with E-state index in [-0.39, 0.29) is 28.8 Å². The Balaban J connectivity index is 1.33. The second-order valence-corrected chi connectivity index (χ2v) is 11.4. The maximum Gasteiger partial charge on any atom is 0.408 e. The first kappa shape index (κ1) is 30.7. The summed E-state index contributed by atoms with van der Waals surface area (Å²) in [4.78, 5) is 55.2. The number of imide groups is 1. The summed E-state index contributed by atoms with van der Waals surface area (Å²) in [5.74, 6) is -1.48. The highest BCUT2D eigenvalue weighted by Crippen LogP contribution is 2.29. The minimum absolute atomic E-state index is 0.0988. The highest BCUT2D eigenvalue weighted by Gasteiger charge is 2.35. The molecule has 1 saturated heterocycles. The van der Waals surface area contributed by atoms with Gasteiger partial charge < -0.3 is 30.7 Å². The molecule has 2 aliphatic rings. The van der Waals surface area contributed by atoms with Gasteiger partial charge in [0.05, 0.1) is 23.5 Å². The first-order valence-corrected chi connectivity index (χ1v) is 13.9. The number of aromatic nitrogens is 3. The van der Waals surface area contributed by atoms with Gasteiger partial charge in [-0.05, 0) is 64.8 Å². The lowest BCUT2D eigenvalue weighted by molar-refractivity contribution is -0.150. The number of esters is 1. The van der Waals surface area contributed by atoms with Crippen LogP contribution in [0.3, 0.4) is 0 Å². The molecule has 2 aromatic heterocycles. The number of anilines is 3. The van der Waals surface area contributed by atoms with Crippen molar-refractivity contribution in [2.45, 2.75) is 58.2 Å². The van der Waals surface area contributed by atoms with Crippen LogP contribution in [0.4, 0.5) is 31.3 Å². The van der Waals surface area contributed by atoms with Crippen LogP contribution in [-0.4, -0.2) is 67.9 Å². The van der Waals surface area contributed by atoms with Crippen molar-refractivity contribution in [2.75, 3.05) is 17.4 Å². The zero-order valence-electron chi connectivity index (χ0n) is 24.8. The predicted octanol–water partition coefficient (Wildman–Crippen LogP) is 3.36. The van der Waals surface area contributed by atoms with Crippen LogP contribution in [0.15, 0.2) is 36.2 Å². The number of ether oxygens (including phenoxy) is 2. The molecule has 1 aromatic carbocycles. The minimum atomic E-state index is -1.11. The maximum absolute atomic E-state index is 14.6. The number of carbonyl (C=O) groups excluding carboxylic acids is 4. The lowest BCUT2D eigenvalue weighted by Crippen LogP contribution is -2.44. The van der Waals surface area contributed by atoms with Gasteiger partial charge in [-0.25, -0.2) is 28.7 Å². The molecule has 2 fully saturated rings. The van der Waals surface area contributed by atoms with Gasteiger partial charge in [-0.3, -0.25) is 4.79 Å². The van der Waals surface area contributed by atoms with E-state index >= 15 is 0 Å². The number of carbonyl (C=O) groups is 4. The van der Waals surface area contributed by atoms with Crippen molar-refractivity contribution in [3.05, 3.63) is 53.1 Å². The van der Waals surface area contributed by atoms with Crippen LogP contribution in [0.1, 0.15) is 51.7 Å². The van der Waals surface area contributed by atoms with Gasteiger partial charge in [-0.15, -0.1) is 0 Å². The number of nitrogens with zero attached hydrogens (tertiary/aromatic N) is 5. The normalized spacial score (nSPS) is 16.3. The van der Waals surface area contributed by atoms with Gasteiger partial charge in [0.2, 0.25) is 0 Å². The van der Waals surface area contributed by atoms with Crippen LogP contribution < -0.4 is 21.3 Å². The highest BCUT2D eigenvalue weighted by atomic mass is 19.1. The number of benzene rings is 1. The Morgan fingerprint density at radius 2 is 2.02 bits per heavy atom. The number of nitrogens with one attached hydrogen (secondary N) is 4. The monoisotopic (exact) mass is 619 g/mol. The molecule has 5 rings (SSSR count). The number of hydrogen-bond acceptors (Lipinski definition) is 11. The fraction of sp³-hybridized carbons (Fsp3) is 0.345. The topological polar surface area (TPSA) is 192 Å². The molecule has 16 heteroatoms. The first-order valence-electron chi connectivity index (χ1n) is 13.9. The van der Waals surface area contributed by atoms with E-state index in [0.717, 1.165) is 18.9 Å². The molecule has 0 spiro atoms. The third-order valence-corrected chi connectivity index (χ3v) is 6.47. The van der Waals surface area contributed by atoms with Gasteiger partial charge in [0.25, 0.3) is 5.91 Å². The average Bonchev–Trinajstić information content (AvgIpc) is 3.63. The molecular formula is C29H30FN9O6. The quantitative estimate of drug-likeness (QED) is 0.156. The van der Waals surface area contributed by atoms with E-state index < -0.39 is 48.2 Å². The molecule has 1 aliphatic carbocycles. The molecule has 0 bridgehead atoms. The van der Waals surface area contributed by atoms with Crippen molar-refractivity contribution in [3.63, 3.8) is 0 Å². The van der Waals surface area contributed by atoms with E-state index in [2.05, 4.69) is 31.3 Å². The Hall–Kier alpha value is -5.72. The van der Waals surface area contributed by atoms with E-state index in [1.807, 2.05) is 6.07 Å². The number of nitriles is 1. The third-order valence-electron chi connectivity index (χ3n) is 6.47. The summed E-state index contributed by atoms with van der Waals surface area (Å²) >= 11 is 0. The summed E-state index contributed by atoms with van der Waals surface area (Å²) in [6.45, 7) is 5.67. The Labute approximate surface area is 256 Å². The molecule has 45 heavy (non-hydrogen) atoms. The molecule has 0 radical (unpaired) electrons. The summed E-state index contributed by atoms with van der Waals surface area (Å²) in [6.07, 6.45) is 3.92. The lowest BCUT2D eigenvalue weighted by atomic mass is 10.2. The predicted molar refractivity (Wildman–Crippen MR) is 157 cm³/mol. The van der Waals surface area contributed by atoms with E-state index in [9.17, 15) is 23.6 Å². The van der Waals surface area contributed by atoms with Gasteiger partial charge in [0, 0.05) is 17.7 Å². The van der Waals surface area contributed by atoms with E-state index in [0.29, 0.717) is 21.9 Å². The molecule has 4 N–H and O–H groups in total. The molecule has 1 atom stereocenters. The van der Waals surface area contributed by atoms with Crippen LogP contribution >= 0.6 is 0 Å². The number of urea groups is 1. The van der Waals surface area contributed by atoms with Gasteiger partial charge >= 0.3 is 18.1 Å². The maximum atomic E-state index is 14.6. The van der Waals surface area contributed by atoms with Crippen LogP contribution in [0, 0.1) is 17.1 Å². The largest absolute Gasteiger partial charge is 0.444 e. The number of fused-ring (bicyclic) bond motifs is 1. The lowest BCUT2D eigenvalue weighted by Gasteiger charge is -2.21. The molecule has 15 nitrogen and oxygen atoms in total. The Kier molecular flexibility index (Phi) is 8.27.